The summed E-state index contributed by atoms with van der Waals surface area (Å²) in [5.74, 6) is 0.903. The number of nitrogens with one attached hydrogen (secondary N) is 1. The highest BCUT2D eigenvalue weighted by molar-refractivity contribution is 5.42. The molecule has 0 heterocycles. The summed E-state index contributed by atoms with van der Waals surface area (Å²) in [5.41, 5.74) is 2.46. The fraction of sp³-hybridized carbons (Fsp3) is 0.333. The van der Waals surface area contributed by atoms with Gasteiger partial charge in [0.05, 0.1) is 7.11 Å². The van der Waals surface area contributed by atoms with E-state index in [1.54, 1.807) is 7.11 Å². The lowest BCUT2D eigenvalue weighted by molar-refractivity contribution is 0.259. The Kier molecular flexibility index (Phi) is 5.64. The summed E-state index contributed by atoms with van der Waals surface area (Å²) in [4.78, 5) is 2.34. The maximum Gasteiger partial charge on any atom is 0.118 e. The molecule has 21 heavy (non-hydrogen) atoms. The summed E-state index contributed by atoms with van der Waals surface area (Å²) in [6.07, 6.45) is 0. The molecule has 0 aliphatic carbocycles. The average Bonchev–Trinajstić information content (AvgIpc) is 2.54. The van der Waals surface area contributed by atoms with Gasteiger partial charge < -0.3 is 10.1 Å². The van der Waals surface area contributed by atoms with E-state index in [2.05, 4.69) is 48.5 Å². The van der Waals surface area contributed by atoms with Crippen LogP contribution in [-0.2, 0) is 6.54 Å². The Morgan fingerprint density at radius 1 is 1.05 bits per heavy atom. The van der Waals surface area contributed by atoms with Gasteiger partial charge in [-0.25, -0.2) is 0 Å². The molecule has 2 aromatic carbocycles. The molecule has 0 radical (unpaired) electrons. The van der Waals surface area contributed by atoms with E-state index >= 15 is 0 Å². The molecule has 0 spiro atoms. The van der Waals surface area contributed by atoms with Gasteiger partial charge in [-0.2, -0.15) is 0 Å². The third-order valence-corrected chi connectivity index (χ3v) is 3.72. The second kappa shape index (κ2) is 7.70. The Morgan fingerprint density at radius 3 is 2.33 bits per heavy atom. The minimum absolute atomic E-state index is 0.451. The summed E-state index contributed by atoms with van der Waals surface area (Å²) >= 11 is 0. The molecule has 0 aliphatic heterocycles. The Bertz CT molecular complexity index is 525. The maximum atomic E-state index is 5.19. The van der Waals surface area contributed by atoms with Crippen molar-refractivity contribution >= 4 is 5.69 Å². The highest BCUT2D eigenvalue weighted by atomic mass is 16.5. The van der Waals surface area contributed by atoms with E-state index in [4.69, 9.17) is 4.74 Å². The first-order valence-electron chi connectivity index (χ1n) is 7.31. The Hall–Kier alpha value is -2.00. The zero-order valence-electron chi connectivity index (χ0n) is 13.0. The van der Waals surface area contributed by atoms with Crippen molar-refractivity contribution < 1.29 is 4.74 Å². The number of nitrogens with zero attached hydrogens (tertiary/aromatic N) is 1. The van der Waals surface area contributed by atoms with Crippen LogP contribution in [0, 0.1) is 0 Å². The fourth-order valence-corrected chi connectivity index (χ4v) is 2.15. The zero-order valence-corrected chi connectivity index (χ0v) is 13.0. The Morgan fingerprint density at radius 2 is 1.71 bits per heavy atom. The minimum atomic E-state index is 0.451. The number of hydrogen-bond donors (Lipinski definition) is 1. The number of methoxy groups -OCH3 is 1. The average molecular weight is 284 g/mol. The molecule has 1 atom stereocenters. The smallest absolute Gasteiger partial charge is 0.118 e. The van der Waals surface area contributed by atoms with Gasteiger partial charge in [0.1, 0.15) is 5.75 Å². The van der Waals surface area contributed by atoms with Crippen LogP contribution >= 0.6 is 0 Å². The van der Waals surface area contributed by atoms with Gasteiger partial charge in [-0.15, -0.1) is 0 Å². The number of likely N-dealkylation sites (N-methyl/N-ethyl adjacent to an activating group) is 1. The lowest BCUT2D eigenvalue weighted by atomic mass is 10.2. The van der Waals surface area contributed by atoms with Gasteiger partial charge in [-0.1, -0.05) is 30.3 Å². The third kappa shape index (κ3) is 4.80. The Labute approximate surface area is 127 Å². The van der Waals surface area contributed by atoms with E-state index in [0.717, 1.165) is 18.8 Å². The molecular weight excluding hydrogens is 260 g/mol. The lowest BCUT2D eigenvalue weighted by Gasteiger charge is -2.25. The van der Waals surface area contributed by atoms with Crippen LogP contribution in [0.5, 0.6) is 5.75 Å². The molecule has 1 N–H and O–H groups in total. The molecule has 0 fully saturated rings. The molecule has 2 aromatic rings. The fourth-order valence-electron chi connectivity index (χ4n) is 2.15. The van der Waals surface area contributed by atoms with E-state index in [0.29, 0.717) is 6.04 Å². The standard InChI is InChI=1S/C18H24N2O/c1-15(13-19-17-7-5-4-6-8-17)20(2)14-16-9-11-18(21-3)12-10-16/h4-12,15,19H,13-14H2,1-3H3. The molecule has 0 bridgehead atoms. The summed E-state index contributed by atoms with van der Waals surface area (Å²) in [6, 6.07) is 19.0. The first kappa shape index (κ1) is 15.4. The van der Waals surface area contributed by atoms with E-state index in [9.17, 15) is 0 Å². The van der Waals surface area contributed by atoms with Crippen LogP contribution in [0.2, 0.25) is 0 Å². The van der Waals surface area contributed by atoms with Crippen LogP contribution in [0.4, 0.5) is 5.69 Å². The maximum absolute atomic E-state index is 5.19. The predicted molar refractivity (Wildman–Crippen MR) is 88.9 cm³/mol. The first-order chi connectivity index (χ1) is 10.2. The summed E-state index contributed by atoms with van der Waals surface area (Å²) in [7, 11) is 3.85. The van der Waals surface area contributed by atoms with Gasteiger partial charge in [-0.05, 0) is 43.8 Å². The lowest BCUT2D eigenvalue weighted by Crippen LogP contribution is -2.34. The van der Waals surface area contributed by atoms with E-state index < -0.39 is 0 Å². The number of rotatable bonds is 7. The largest absolute Gasteiger partial charge is 0.497 e. The zero-order chi connectivity index (χ0) is 15.1. The molecule has 0 aliphatic rings. The number of hydrogen-bond acceptors (Lipinski definition) is 3. The molecule has 0 aromatic heterocycles. The molecule has 112 valence electrons. The van der Waals surface area contributed by atoms with E-state index in [1.165, 1.54) is 11.3 Å². The molecule has 3 nitrogen and oxygen atoms in total. The van der Waals surface area contributed by atoms with Crippen molar-refractivity contribution in [2.24, 2.45) is 0 Å². The van der Waals surface area contributed by atoms with Crippen molar-refractivity contribution in [1.29, 1.82) is 0 Å². The predicted octanol–water partition coefficient (Wildman–Crippen LogP) is 3.63. The SMILES string of the molecule is COc1ccc(CN(C)C(C)CNc2ccccc2)cc1. The molecule has 2 rings (SSSR count). The van der Waals surface area contributed by atoms with E-state index in [-0.39, 0.29) is 0 Å². The Balaban J connectivity index is 1.82. The normalized spacial score (nSPS) is 12.2. The van der Waals surface area contributed by atoms with Crippen molar-refractivity contribution in [3.05, 3.63) is 60.2 Å². The molecule has 3 heteroatoms. The van der Waals surface area contributed by atoms with Gasteiger partial charge in [0.2, 0.25) is 0 Å². The van der Waals surface area contributed by atoms with Gasteiger partial charge >= 0.3 is 0 Å². The molecular formula is C18H24N2O. The van der Waals surface area contributed by atoms with Gasteiger partial charge in [-0.3, -0.25) is 4.90 Å². The van der Waals surface area contributed by atoms with Crippen LogP contribution < -0.4 is 10.1 Å². The monoisotopic (exact) mass is 284 g/mol. The highest BCUT2D eigenvalue weighted by Crippen LogP contribution is 2.14. The van der Waals surface area contributed by atoms with Gasteiger partial charge in [0, 0.05) is 24.8 Å². The van der Waals surface area contributed by atoms with Crippen molar-refractivity contribution in [2.75, 3.05) is 26.0 Å². The van der Waals surface area contributed by atoms with Gasteiger partial charge in [0.25, 0.3) is 0 Å². The quantitative estimate of drug-likeness (QED) is 0.840. The highest BCUT2D eigenvalue weighted by Gasteiger charge is 2.09. The second-order valence-electron chi connectivity index (χ2n) is 5.36. The number of ether oxygens (including phenoxy) is 1. The van der Waals surface area contributed by atoms with Crippen LogP contribution in [0.15, 0.2) is 54.6 Å². The first-order valence-corrected chi connectivity index (χ1v) is 7.31. The summed E-state index contributed by atoms with van der Waals surface area (Å²) < 4.78 is 5.19. The third-order valence-electron chi connectivity index (χ3n) is 3.72. The number of benzene rings is 2. The van der Waals surface area contributed by atoms with Crippen molar-refractivity contribution in [3.8, 4) is 5.75 Å². The molecule has 0 saturated heterocycles. The van der Waals surface area contributed by atoms with Crippen molar-refractivity contribution in [2.45, 2.75) is 19.5 Å². The van der Waals surface area contributed by atoms with Crippen LogP contribution in [0.25, 0.3) is 0 Å². The summed E-state index contributed by atoms with van der Waals surface area (Å²) in [6.45, 7) is 4.10. The van der Waals surface area contributed by atoms with Gasteiger partial charge in [0.15, 0.2) is 0 Å². The minimum Gasteiger partial charge on any atom is -0.497 e. The van der Waals surface area contributed by atoms with Crippen LogP contribution in [0.3, 0.4) is 0 Å². The van der Waals surface area contributed by atoms with Crippen LogP contribution in [0.1, 0.15) is 12.5 Å². The second-order valence-corrected chi connectivity index (χ2v) is 5.36. The number of para-hydroxylation sites is 1. The van der Waals surface area contributed by atoms with E-state index in [1.807, 2.05) is 30.3 Å². The van der Waals surface area contributed by atoms with Crippen molar-refractivity contribution in [1.82, 2.24) is 4.90 Å². The molecule has 0 amide bonds. The summed E-state index contributed by atoms with van der Waals surface area (Å²) in [5, 5.41) is 3.47. The number of anilines is 1. The van der Waals surface area contributed by atoms with Crippen LogP contribution in [-0.4, -0.2) is 31.6 Å². The van der Waals surface area contributed by atoms with Crippen molar-refractivity contribution in [3.63, 3.8) is 0 Å². The molecule has 1 unspecified atom stereocenters. The topological polar surface area (TPSA) is 24.5 Å². The molecule has 0 saturated carbocycles.